The lowest BCUT2D eigenvalue weighted by Gasteiger charge is -2.23. The zero-order valence-corrected chi connectivity index (χ0v) is 11.3. The van der Waals surface area contributed by atoms with Crippen molar-refractivity contribution in [2.45, 2.75) is 24.3 Å². The Hall–Kier alpha value is -0.710. The highest BCUT2D eigenvalue weighted by atomic mass is 79.9. The molecule has 96 valence electrons. The molecule has 0 N–H and O–H groups in total. The number of hydrogen-bond donors (Lipinski definition) is 0. The number of nitrogens with zero attached hydrogens (tertiary/aromatic N) is 1. The van der Waals surface area contributed by atoms with E-state index in [1.807, 2.05) is 6.92 Å². The molecule has 0 bridgehead atoms. The summed E-state index contributed by atoms with van der Waals surface area (Å²) in [5, 5.41) is 0. The van der Waals surface area contributed by atoms with Gasteiger partial charge in [-0.15, -0.1) is 0 Å². The highest BCUT2D eigenvalue weighted by molar-refractivity contribution is 9.09. The smallest absolute Gasteiger partial charge is 0.374 e. The SMILES string of the molecule is CC(Br)CCN(C)c1ccccc1C(F)(F)F. The van der Waals surface area contributed by atoms with Gasteiger partial charge in [0, 0.05) is 24.1 Å². The third-order valence-corrected chi connectivity index (χ3v) is 2.94. The van der Waals surface area contributed by atoms with Crippen LogP contribution in [-0.4, -0.2) is 18.4 Å². The zero-order chi connectivity index (χ0) is 13.1. The number of anilines is 1. The number of benzene rings is 1. The Bertz CT molecular complexity index is 363. The first kappa shape index (κ1) is 14.4. The van der Waals surface area contributed by atoms with Gasteiger partial charge in [-0.25, -0.2) is 0 Å². The van der Waals surface area contributed by atoms with Gasteiger partial charge in [0.15, 0.2) is 0 Å². The lowest BCUT2D eigenvalue weighted by molar-refractivity contribution is -0.137. The largest absolute Gasteiger partial charge is 0.418 e. The average molecular weight is 310 g/mol. The summed E-state index contributed by atoms with van der Waals surface area (Å²) in [4.78, 5) is 1.93. The summed E-state index contributed by atoms with van der Waals surface area (Å²) in [5.41, 5.74) is -0.349. The Morgan fingerprint density at radius 2 is 1.88 bits per heavy atom. The molecule has 1 aromatic carbocycles. The predicted molar refractivity (Wildman–Crippen MR) is 67.7 cm³/mol. The number of para-hydroxylation sites is 1. The second-order valence-electron chi connectivity index (χ2n) is 4.01. The topological polar surface area (TPSA) is 3.24 Å². The summed E-state index contributed by atoms with van der Waals surface area (Å²) in [5.74, 6) is 0. The Morgan fingerprint density at radius 3 is 2.41 bits per heavy atom. The van der Waals surface area contributed by atoms with Crippen LogP contribution in [0.2, 0.25) is 0 Å². The number of alkyl halides is 4. The van der Waals surface area contributed by atoms with Crippen LogP contribution < -0.4 is 4.90 Å². The molecular weight excluding hydrogens is 295 g/mol. The molecular formula is C12H15BrF3N. The van der Waals surface area contributed by atoms with E-state index in [9.17, 15) is 13.2 Å². The number of halogens is 4. The zero-order valence-electron chi connectivity index (χ0n) is 9.76. The maximum atomic E-state index is 12.8. The second kappa shape index (κ2) is 5.76. The molecule has 0 heterocycles. The van der Waals surface area contributed by atoms with E-state index < -0.39 is 11.7 Å². The Balaban J connectivity index is 2.89. The van der Waals surface area contributed by atoms with E-state index in [1.54, 1.807) is 18.0 Å². The van der Waals surface area contributed by atoms with Crippen molar-refractivity contribution in [3.63, 3.8) is 0 Å². The minimum atomic E-state index is -4.30. The van der Waals surface area contributed by atoms with Gasteiger partial charge in [-0.05, 0) is 18.6 Å². The number of rotatable bonds is 4. The van der Waals surface area contributed by atoms with Crippen LogP contribution in [0.4, 0.5) is 18.9 Å². The average Bonchev–Trinajstić information content (AvgIpc) is 2.24. The lowest BCUT2D eigenvalue weighted by Crippen LogP contribution is -2.23. The third kappa shape index (κ3) is 4.22. The highest BCUT2D eigenvalue weighted by Gasteiger charge is 2.33. The fourth-order valence-electron chi connectivity index (χ4n) is 1.54. The van der Waals surface area contributed by atoms with E-state index in [0.29, 0.717) is 11.4 Å². The molecule has 1 atom stereocenters. The summed E-state index contributed by atoms with van der Waals surface area (Å²) in [6, 6.07) is 5.65. The van der Waals surface area contributed by atoms with E-state index in [4.69, 9.17) is 0 Å². The molecule has 1 unspecified atom stereocenters. The maximum Gasteiger partial charge on any atom is 0.418 e. The van der Waals surface area contributed by atoms with Crippen molar-refractivity contribution in [3.8, 4) is 0 Å². The van der Waals surface area contributed by atoms with E-state index >= 15 is 0 Å². The summed E-state index contributed by atoms with van der Waals surface area (Å²) in [6.07, 6.45) is -3.51. The summed E-state index contributed by atoms with van der Waals surface area (Å²) in [7, 11) is 1.68. The van der Waals surface area contributed by atoms with Crippen molar-refractivity contribution in [2.24, 2.45) is 0 Å². The van der Waals surface area contributed by atoms with Gasteiger partial charge in [-0.2, -0.15) is 13.2 Å². The molecule has 0 fully saturated rings. The van der Waals surface area contributed by atoms with Gasteiger partial charge in [-0.3, -0.25) is 0 Å². The van der Waals surface area contributed by atoms with Gasteiger partial charge in [0.2, 0.25) is 0 Å². The lowest BCUT2D eigenvalue weighted by atomic mass is 10.1. The standard InChI is InChI=1S/C12H15BrF3N/c1-9(13)7-8-17(2)11-6-4-3-5-10(11)12(14,15)16/h3-6,9H,7-8H2,1-2H3. The molecule has 0 aliphatic carbocycles. The van der Waals surface area contributed by atoms with Crippen LogP contribution in [-0.2, 0) is 6.18 Å². The fourth-order valence-corrected chi connectivity index (χ4v) is 1.74. The van der Waals surface area contributed by atoms with Gasteiger partial charge < -0.3 is 4.90 Å². The second-order valence-corrected chi connectivity index (χ2v) is 5.57. The van der Waals surface area contributed by atoms with Crippen LogP contribution in [0.15, 0.2) is 24.3 Å². The van der Waals surface area contributed by atoms with Crippen molar-refractivity contribution in [3.05, 3.63) is 29.8 Å². The minimum Gasteiger partial charge on any atom is -0.374 e. The van der Waals surface area contributed by atoms with Crippen LogP contribution in [0.25, 0.3) is 0 Å². The Kier molecular flexibility index (Phi) is 4.86. The van der Waals surface area contributed by atoms with Gasteiger partial charge in [0.1, 0.15) is 0 Å². The van der Waals surface area contributed by atoms with E-state index in [2.05, 4.69) is 15.9 Å². The number of hydrogen-bond acceptors (Lipinski definition) is 1. The Labute approximate surface area is 108 Å². The first-order valence-corrected chi connectivity index (χ1v) is 6.25. The van der Waals surface area contributed by atoms with Crippen LogP contribution >= 0.6 is 15.9 Å². The van der Waals surface area contributed by atoms with Gasteiger partial charge in [0.25, 0.3) is 0 Å². The van der Waals surface area contributed by atoms with Crippen molar-refractivity contribution < 1.29 is 13.2 Å². The maximum absolute atomic E-state index is 12.8. The molecule has 1 nitrogen and oxygen atoms in total. The predicted octanol–water partition coefficient (Wildman–Crippen LogP) is 4.32. The van der Waals surface area contributed by atoms with Gasteiger partial charge >= 0.3 is 6.18 Å². The molecule has 0 aliphatic rings. The summed E-state index contributed by atoms with van der Waals surface area (Å²) in [6.45, 7) is 2.56. The fraction of sp³-hybridized carbons (Fsp3) is 0.500. The van der Waals surface area contributed by atoms with E-state index in [-0.39, 0.29) is 5.69 Å². The minimum absolute atomic E-state index is 0.230. The van der Waals surface area contributed by atoms with Crippen molar-refractivity contribution >= 4 is 21.6 Å². The normalized spacial score (nSPS) is 13.5. The molecule has 0 aromatic heterocycles. The molecule has 5 heteroatoms. The van der Waals surface area contributed by atoms with Crippen molar-refractivity contribution in [1.82, 2.24) is 0 Å². The first-order chi connectivity index (χ1) is 7.82. The van der Waals surface area contributed by atoms with Crippen LogP contribution in [0.1, 0.15) is 18.9 Å². The summed E-state index contributed by atoms with van der Waals surface area (Å²) < 4.78 is 38.3. The molecule has 0 spiro atoms. The van der Waals surface area contributed by atoms with Crippen LogP contribution in [0.3, 0.4) is 0 Å². The quantitative estimate of drug-likeness (QED) is 0.749. The van der Waals surface area contributed by atoms with Gasteiger partial charge in [0.05, 0.1) is 5.56 Å². The molecule has 17 heavy (non-hydrogen) atoms. The highest BCUT2D eigenvalue weighted by Crippen LogP contribution is 2.36. The molecule has 0 radical (unpaired) electrons. The first-order valence-electron chi connectivity index (χ1n) is 5.34. The molecule has 1 rings (SSSR count). The van der Waals surface area contributed by atoms with E-state index in [1.165, 1.54) is 12.1 Å². The molecule has 1 aromatic rings. The monoisotopic (exact) mass is 309 g/mol. The van der Waals surface area contributed by atoms with E-state index in [0.717, 1.165) is 12.5 Å². The molecule has 0 amide bonds. The molecule has 0 aliphatic heterocycles. The molecule has 0 saturated carbocycles. The summed E-state index contributed by atoms with van der Waals surface area (Å²) >= 11 is 3.38. The Morgan fingerprint density at radius 1 is 1.29 bits per heavy atom. The van der Waals surface area contributed by atoms with Crippen LogP contribution in [0, 0.1) is 0 Å². The molecule has 0 saturated heterocycles. The van der Waals surface area contributed by atoms with Crippen molar-refractivity contribution in [2.75, 3.05) is 18.5 Å². The van der Waals surface area contributed by atoms with Crippen molar-refractivity contribution in [1.29, 1.82) is 0 Å². The third-order valence-electron chi connectivity index (χ3n) is 2.48. The van der Waals surface area contributed by atoms with Gasteiger partial charge in [-0.1, -0.05) is 35.0 Å². The van der Waals surface area contributed by atoms with Crippen LogP contribution in [0.5, 0.6) is 0 Å².